The topological polar surface area (TPSA) is 42.7 Å². The van der Waals surface area contributed by atoms with Gasteiger partial charge in [0.2, 0.25) is 0 Å². The van der Waals surface area contributed by atoms with Crippen molar-refractivity contribution in [2.45, 2.75) is 26.0 Å². The van der Waals surface area contributed by atoms with E-state index in [1.165, 1.54) is 6.07 Å². The van der Waals surface area contributed by atoms with Crippen molar-refractivity contribution < 1.29 is 22.7 Å². The molecular formula is C21H17F2NO3. The number of halogens is 2. The Kier molecular flexibility index (Phi) is 4.39. The van der Waals surface area contributed by atoms with E-state index in [9.17, 15) is 13.6 Å². The standard InChI is InChI=1S/C21H17F2NO3/c1-13-10-14-4-2-3-5-18(14)24(13)21(25)20-9-7-16(27-20)12-26-19-8-6-15(22)11-17(19)23/h2-9,11,13H,10,12H2,1H3. The molecule has 3 aromatic rings. The maximum absolute atomic E-state index is 13.6. The molecule has 1 unspecified atom stereocenters. The van der Waals surface area contributed by atoms with Crippen LogP contribution in [0.25, 0.3) is 0 Å². The van der Waals surface area contributed by atoms with E-state index in [1.54, 1.807) is 17.0 Å². The molecule has 1 aromatic heterocycles. The molecule has 6 heteroatoms. The van der Waals surface area contributed by atoms with Gasteiger partial charge in [0.05, 0.1) is 0 Å². The summed E-state index contributed by atoms with van der Waals surface area (Å²) in [5.74, 6) is -1.21. The molecule has 0 bridgehead atoms. The number of hydrogen-bond donors (Lipinski definition) is 0. The van der Waals surface area contributed by atoms with Gasteiger partial charge in [-0.05, 0) is 49.2 Å². The number of carbonyl (C=O) groups is 1. The van der Waals surface area contributed by atoms with Crippen LogP contribution in [0, 0.1) is 11.6 Å². The molecule has 4 rings (SSSR count). The molecule has 0 aliphatic carbocycles. The number of carbonyl (C=O) groups excluding carboxylic acids is 1. The summed E-state index contributed by atoms with van der Waals surface area (Å²) in [6.07, 6.45) is 0.794. The fourth-order valence-electron chi connectivity index (χ4n) is 3.31. The third-order valence-electron chi connectivity index (χ3n) is 4.56. The Labute approximate surface area is 155 Å². The Morgan fingerprint density at radius 3 is 2.81 bits per heavy atom. The Morgan fingerprint density at radius 1 is 1.19 bits per heavy atom. The van der Waals surface area contributed by atoms with Crippen molar-refractivity contribution in [1.82, 2.24) is 0 Å². The minimum absolute atomic E-state index is 0.0352. The van der Waals surface area contributed by atoms with Crippen LogP contribution in [0.1, 0.15) is 28.8 Å². The third kappa shape index (κ3) is 3.30. The first-order valence-electron chi connectivity index (χ1n) is 8.61. The highest BCUT2D eigenvalue weighted by atomic mass is 19.1. The number of anilines is 1. The summed E-state index contributed by atoms with van der Waals surface area (Å²) in [6, 6.07) is 14.1. The van der Waals surface area contributed by atoms with Crippen LogP contribution in [0.3, 0.4) is 0 Å². The molecule has 0 saturated heterocycles. The zero-order chi connectivity index (χ0) is 19.0. The van der Waals surface area contributed by atoms with Crippen LogP contribution in [0.4, 0.5) is 14.5 Å². The van der Waals surface area contributed by atoms with Gasteiger partial charge in [0.25, 0.3) is 5.91 Å². The molecule has 0 saturated carbocycles. The summed E-state index contributed by atoms with van der Waals surface area (Å²) >= 11 is 0. The average molecular weight is 369 g/mol. The van der Waals surface area contributed by atoms with Crippen LogP contribution < -0.4 is 9.64 Å². The summed E-state index contributed by atoms with van der Waals surface area (Å²) in [6.45, 7) is 1.92. The number of fused-ring (bicyclic) bond motifs is 1. The highest BCUT2D eigenvalue weighted by Crippen LogP contribution is 2.33. The van der Waals surface area contributed by atoms with Gasteiger partial charge in [0, 0.05) is 17.8 Å². The molecule has 138 valence electrons. The Morgan fingerprint density at radius 2 is 2.00 bits per heavy atom. The number of benzene rings is 2. The predicted octanol–water partition coefficient (Wildman–Crippen LogP) is 4.73. The second-order valence-electron chi connectivity index (χ2n) is 6.49. The number of amides is 1. The van der Waals surface area contributed by atoms with Crippen molar-refractivity contribution in [2.24, 2.45) is 0 Å². The van der Waals surface area contributed by atoms with E-state index in [1.807, 2.05) is 31.2 Å². The number of nitrogens with zero attached hydrogens (tertiary/aromatic N) is 1. The van der Waals surface area contributed by atoms with Crippen LogP contribution in [0.5, 0.6) is 5.75 Å². The van der Waals surface area contributed by atoms with Crippen molar-refractivity contribution in [3.8, 4) is 5.75 Å². The normalized spacial score (nSPS) is 15.7. The zero-order valence-electron chi connectivity index (χ0n) is 14.6. The number of ether oxygens (including phenoxy) is 1. The van der Waals surface area contributed by atoms with Crippen molar-refractivity contribution >= 4 is 11.6 Å². The van der Waals surface area contributed by atoms with E-state index in [4.69, 9.17) is 9.15 Å². The quantitative estimate of drug-likeness (QED) is 0.668. The average Bonchev–Trinajstić information content (AvgIpc) is 3.24. The van der Waals surface area contributed by atoms with E-state index in [-0.39, 0.29) is 30.1 Å². The second kappa shape index (κ2) is 6.87. The van der Waals surface area contributed by atoms with E-state index >= 15 is 0 Å². The Balaban J connectivity index is 1.48. The van der Waals surface area contributed by atoms with Crippen molar-refractivity contribution in [3.05, 3.63) is 83.3 Å². The molecule has 27 heavy (non-hydrogen) atoms. The van der Waals surface area contributed by atoms with Crippen molar-refractivity contribution in [2.75, 3.05) is 4.90 Å². The molecule has 0 fully saturated rings. The highest BCUT2D eigenvalue weighted by molar-refractivity contribution is 6.06. The molecule has 1 aliphatic rings. The van der Waals surface area contributed by atoms with Crippen LogP contribution in [0.15, 0.2) is 59.0 Å². The molecule has 0 spiro atoms. The minimum Gasteiger partial charge on any atom is -0.483 e. The number of furan rings is 1. The molecule has 4 nitrogen and oxygen atoms in total. The molecule has 0 N–H and O–H groups in total. The van der Waals surface area contributed by atoms with Crippen LogP contribution >= 0.6 is 0 Å². The zero-order valence-corrected chi connectivity index (χ0v) is 14.6. The van der Waals surface area contributed by atoms with Crippen molar-refractivity contribution in [3.63, 3.8) is 0 Å². The SMILES string of the molecule is CC1Cc2ccccc2N1C(=O)c1ccc(COc2ccc(F)cc2F)o1. The molecule has 0 radical (unpaired) electrons. The van der Waals surface area contributed by atoms with E-state index < -0.39 is 11.6 Å². The van der Waals surface area contributed by atoms with Crippen LogP contribution in [0.2, 0.25) is 0 Å². The van der Waals surface area contributed by atoms with E-state index in [0.717, 1.165) is 29.8 Å². The first-order chi connectivity index (χ1) is 13.0. The lowest BCUT2D eigenvalue weighted by Gasteiger charge is -2.21. The first kappa shape index (κ1) is 17.3. The van der Waals surface area contributed by atoms with Gasteiger partial charge < -0.3 is 14.1 Å². The maximum atomic E-state index is 13.6. The van der Waals surface area contributed by atoms with Gasteiger partial charge in [-0.1, -0.05) is 18.2 Å². The van der Waals surface area contributed by atoms with E-state index in [0.29, 0.717) is 5.76 Å². The third-order valence-corrected chi connectivity index (χ3v) is 4.56. The molecule has 1 amide bonds. The van der Waals surface area contributed by atoms with Gasteiger partial charge in [-0.2, -0.15) is 0 Å². The second-order valence-corrected chi connectivity index (χ2v) is 6.49. The smallest absolute Gasteiger partial charge is 0.294 e. The fourth-order valence-corrected chi connectivity index (χ4v) is 3.31. The summed E-state index contributed by atoms with van der Waals surface area (Å²) in [5, 5.41) is 0. The van der Waals surface area contributed by atoms with Gasteiger partial charge in [-0.3, -0.25) is 4.79 Å². The Bertz CT molecular complexity index is 999. The van der Waals surface area contributed by atoms with Crippen LogP contribution in [-0.4, -0.2) is 11.9 Å². The van der Waals surface area contributed by atoms with Gasteiger partial charge in [-0.15, -0.1) is 0 Å². The summed E-state index contributed by atoms with van der Waals surface area (Å²) in [4.78, 5) is 14.6. The molecule has 2 heterocycles. The molecular weight excluding hydrogens is 352 g/mol. The van der Waals surface area contributed by atoms with Crippen LogP contribution in [-0.2, 0) is 13.0 Å². The lowest BCUT2D eigenvalue weighted by molar-refractivity contribution is 0.0950. The summed E-state index contributed by atoms with van der Waals surface area (Å²) in [5.41, 5.74) is 2.01. The maximum Gasteiger partial charge on any atom is 0.294 e. The predicted molar refractivity (Wildman–Crippen MR) is 95.8 cm³/mol. The van der Waals surface area contributed by atoms with Gasteiger partial charge in [0.15, 0.2) is 17.3 Å². The highest BCUT2D eigenvalue weighted by Gasteiger charge is 2.32. The summed E-state index contributed by atoms with van der Waals surface area (Å²) < 4.78 is 37.5. The number of hydrogen-bond acceptors (Lipinski definition) is 3. The molecule has 2 aromatic carbocycles. The van der Waals surface area contributed by atoms with E-state index in [2.05, 4.69) is 0 Å². The fraction of sp³-hybridized carbons (Fsp3) is 0.190. The number of rotatable bonds is 4. The molecule has 1 aliphatic heterocycles. The lowest BCUT2D eigenvalue weighted by Crippen LogP contribution is -2.35. The molecule has 1 atom stereocenters. The largest absolute Gasteiger partial charge is 0.483 e. The first-order valence-corrected chi connectivity index (χ1v) is 8.61. The van der Waals surface area contributed by atoms with Gasteiger partial charge in [-0.25, -0.2) is 8.78 Å². The Hall–Kier alpha value is -3.15. The van der Waals surface area contributed by atoms with Gasteiger partial charge in [0.1, 0.15) is 18.2 Å². The minimum atomic E-state index is -0.791. The lowest BCUT2D eigenvalue weighted by atomic mass is 10.1. The summed E-state index contributed by atoms with van der Waals surface area (Å²) in [7, 11) is 0. The number of para-hydroxylation sites is 1. The van der Waals surface area contributed by atoms with Gasteiger partial charge >= 0.3 is 0 Å². The van der Waals surface area contributed by atoms with Crippen molar-refractivity contribution in [1.29, 1.82) is 0 Å². The monoisotopic (exact) mass is 369 g/mol.